The average molecular weight is 327 g/mol. The summed E-state index contributed by atoms with van der Waals surface area (Å²) in [7, 11) is 2.09. The molecule has 2 N–H and O–H groups in total. The molecular weight excluding hydrogens is 304 g/mol. The fourth-order valence-corrected chi connectivity index (χ4v) is 2.44. The molecule has 0 radical (unpaired) electrons. The first kappa shape index (κ1) is 14.8. The molecule has 3 nitrogen and oxygen atoms in total. The average Bonchev–Trinajstić information content (AvgIpc) is 3.18. The van der Waals surface area contributed by atoms with E-state index in [1.54, 1.807) is 0 Å². The molecule has 0 heterocycles. The van der Waals surface area contributed by atoms with Crippen LogP contribution in [0.1, 0.15) is 31.4 Å². The number of nitrogens with two attached hydrogens (primary N) is 1. The molecule has 1 aromatic carbocycles. The second-order valence-electron chi connectivity index (χ2n) is 5.43. The lowest BCUT2D eigenvalue weighted by Gasteiger charge is -2.24. The lowest BCUT2D eigenvalue weighted by Crippen LogP contribution is -2.25. The number of hydrogen-bond donors (Lipinski definition) is 1. The molecule has 0 aromatic heterocycles. The van der Waals surface area contributed by atoms with E-state index >= 15 is 0 Å². The Morgan fingerprint density at radius 2 is 2.21 bits per heavy atom. The minimum atomic E-state index is 0.0398. The van der Waals surface area contributed by atoms with Crippen LogP contribution in [0.2, 0.25) is 0 Å². The van der Waals surface area contributed by atoms with Crippen molar-refractivity contribution in [2.24, 2.45) is 11.7 Å². The molecule has 1 atom stereocenters. The molecule has 1 aliphatic carbocycles. The summed E-state index contributed by atoms with van der Waals surface area (Å²) in [5.74, 6) is 0.829. The van der Waals surface area contributed by atoms with E-state index in [-0.39, 0.29) is 6.04 Å². The van der Waals surface area contributed by atoms with Crippen LogP contribution in [0.15, 0.2) is 22.7 Å². The Bertz CT molecular complexity index is 419. The highest BCUT2D eigenvalue weighted by molar-refractivity contribution is 9.10. The second kappa shape index (κ2) is 6.73. The normalized spacial score (nSPS) is 16.4. The van der Waals surface area contributed by atoms with Gasteiger partial charge >= 0.3 is 0 Å². The highest BCUT2D eigenvalue weighted by Crippen LogP contribution is 2.29. The first-order valence-corrected chi connectivity index (χ1v) is 7.71. The van der Waals surface area contributed by atoms with Crippen molar-refractivity contribution in [3.8, 4) is 0 Å². The van der Waals surface area contributed by atoms with Crippen molar-refractivity contribution in [3.05, 3.63) is 28.2 Å². The second-order valence-corrected chi connectivity index (χ2v) is 6.35. The summed E-state index contributed by atoms with van der Waals surface area (Å²) >= 11 is 3.52. The Kier molecular flexibility index (Phi) is 5.25. The lowest BCUT2D eigenvalue weighted by molar-refractivity contribution is 0.131. The highest BCUT2D eigenvalue weighted by atomic mass is 79.9. The van der Waals surface area contributed by atoms with Gasteiger partial charge in [-0.3, -0.25) is 0 Å². The molecule has 1 fully saturated rings. The van der Waals surface area contributed by atoms with Gasteiger partial charge in [-0.15, -0.1) is 0 Å². The quantitative estimate of drug-likeness (QED) is 0.781. The zero-order valence-electron chi connectivity index (χ0n) is 11.7. The SMILES string of the molecule is CC(N)c1ccc(Br)cc1N(C)CCOCC1CC1. The van der Waals surface area contributed by atoms with E-state index in [0.717, 1.165) is 30.1 Å². The molecule has 106 valence electrons. The summed E-state index contributed by atoms with van der Waals surface area (Å²) in [4.78, 5) is 2.22. The minimum Gasteiger partial charge on any atom is -0.379 e. The molecule has 0 aliphatic heterocycles. The van der Waals surface area contributed by atoms with Crippen molar-refractivity contribution in [2.45, 2.75) is 25.8 Å². The molecule has 0 spiro atoms. The third kappa shape index (κ3) is 4.48. The molecule has 2 rings (SSSR count). The number of ether oxygens (including phenoxy) is 1. The van der Waals surface area contributed by atoms with Crippen LogP contribution in [-0.2, 0) is 4.74 Å². The maximum Gasteiger partial charge on any atom is 0.0641 e. The van der Waals surface area contributed by atoms with Gasteiger partial charge < -0.3 is 15.4 Å². The zero-order chi connectivity index (χ0) is 13.8. The van der Waals surface area contributed by atoms with Gasteiger partial charge in [0, 0.05) is 36.4 Å². The van der Waals surface area contributed by atoms with E-state index in [0.29, 0.717) is 0 Å². The standard InChI is InChI=1S/C15H23BrN2O/c1-11(17)14-6-5-13(16)9-15(14)18(2)7-8-19-10-12-3-4-12/h5-6,9,11-12H,3-4,7-8,10,17H2,1-2H3. The third-order valence-corrected chi connectivity index (χ3v) is 4.01. The van der Waals surface area contributed by atoms with Gasteiger partial charge in [-0.1, -0.05) is 22.0 Å². The fourth-order valence-electron chi connectivity index (χ4n) is 2.09. The molecule has 19 heavy (non-hydrogen) atoms. The Morgan fingerprint density at radius 3 is 2.84 bits per heavy atom. The summed E-state index contributed by atoms with van der Waals surface area (Å²) < 4.78 is 6.78. The number of hydrogen-bond acceptors (Lipinski definition) is 3. The van der Waals surface area contributed by atoms with Gasteiger partial charge in [0.2, 0.25) is 0 Å². The van der Waals surface area contributed by atoms with Crippen LogP contribution in [0, 0.1) is 5.92 Å². The Labute approximate surface area is 124 Å². The topological polar surface area (TPSA) is 38.5 Å². The molecule has 4 heteroatoms. The van der Waals surface area contributed by atoms with Crippen LogP contribution in [0.4, 0.5) is 5.69 Å². The number of rotatable bonds is 7. The highest BCUT2D eigenvalue weighted by Gasteiger charge is 2.21. The van der Waals surface area contributed by atoms with Gasteiger partial charge in [0.05, 0.1) is 6.61 Å². The minimum absolute atomic E-state index is 0.0398. The van der Waals surface area contributed by atoms with Crippen LogP contribution in [0.25, 0.3) is 0 Å². The number of nitrogens with zero attached hydrogens (tertiary/aromatic N) is 1. The summed E-state index contributed by atoms with van der Waals surface area (Å²) in [6, 6.07) is 6.29. The molecular formula is C15H23BrN2O. The van der Waals surface area contributed by atoms with E-state index in [2.05, 4.69) is 40.0 Å². The van der Waals surface area contributed by atoms with Gasteiger partial charge in [-0.25, -0.2) is 0 Å². The van der Waals surface area contributed by atoms with Crippen molar-refractivity contribution >= 4 is 21.6 Å². The van der Waals surface area contributed by atoms with Gasteiger partial charge in [0.1, 0.15) is 0 Å². The largest absolute Gasteiger partial charge is 0.379 e. The van der Waals surface area contributed by atoms with E-state index in [4.69, 9.17) is 10.5 Å². The van der Waals surface area contributed by atoms with Gasteiger partial charge in [0.15, 0.2) is 0 Å². The smallest absolute Gasteiger partial charge is 0.0641 e. The summed E-state index contributed by atoms with van der Waals surface area (Å²) in [6.07, 6.45) is 2.69. The fraction of sp³-hybridized carbons (Fsp3) is 0.600. The summed E-state index contributed by atoms with van der Waals surface area (Å²) in [6.45, 7) is 4.61. The van der Waals surface area contributed by atoms with Crippen LogP contribution in [-0.4, -0.2) is 26.8 Å². The Balaban J connectivity index is 1.92. The molecule has 0 amide bonds. The Morgan fingerprint density at radius 1 is 1.47 bits per heavy atom. The number of halogens is 1. The molecule has 0 saturated heterocycles. The maximum atomic E-state index is 6.03. The summed E-state index contributed by atoms with van der Waals surface area (Å²) in [5, 5.41) is 0. The predicted octanol–water partition coefficient (Wildman–Crippen LogP) is 3.33. The van der Waals surface area contributed by atoms with Crippen LogP contribution < -0.4 is 10.6 Å². The van der Waals surface area contributed by atoms with Gasteiger partial charge in [0.25, 0.3) is 0 Å². The number of anilines is 1. The van der Waals surface area contributed by atoms with Crippen LogP contribution in [0.5, 0.6) is 0 Å². The monoisotopic (exact) mass is 326 g/mol. The van der Waals surface area contributed by atoms with Crippen molar-refractivity contribution in [2.75, 3.05) is 31.7 Å². The van der Waals surface area contributed by atoms with E-state index < -0.39 is 0 Å². The summed E-state index contributed by atoms with van der Waals surface area (Å²) in [5.41, 5.74) is 8.39. The van der Waals surface area contributed by atoms with E-state index in [1.807, 2.05) is 13.0 Å². The molecule has 1 aliphatic rings. The lowest BCUT2D eigenvalue weighted by atomic mass is 10.1. The van der Waals surface area contributed by atoms with Crippen molar-refractivity contribution in [3.63, 3.8) is 0 Å². The maximum absolute atomic E-state index is 6.03. The number of likely N-dealkylation sites (N-methyl/N-ethyl adjacent to an activating group) is 1. The van der Waals surface area contributed by atoms with E-state index in [9.17, 15) is 0 Å². The van der Waals surface area contributed by atoms with E-state index in [1.165, 1.54) is 24.1 Å². The van der Waals surface area contributed by atoms with Crippen LogP contribution in [0.3, 0.4) is 0 Å². The zero-order valence-corrected chi connectivity index (χ0v) is 13.3. The van der Waals surface area contributed by atoms with Crippen LogP contribution >= 0.6 is 15.9 Å². The first-order chi connectivity index (χ1) is 9.08. The van der Waals surface area contributed by atoms with Gasteiger partial charge in [-0.05, 0) is 43.4 Å². The number of benzene rings is 1. The first-order valence-electron chi connectivity index (χ1n) is 6.92. The molecule has 1 saturated carbocycles. The third-order valence-electron chi connectivity index (χ3n) is 3.52. The van der Waals surface area contributed by atoms with Gasteiger partial charge in [-0.2, -0.15) is 0 Å². The molecule has 1 aromatic rings. The molecule has 1 unspecified atom stereocenters. The van der Waals surface area contributed by atoms with Crippen molar-refractivity contribution in [1.29, 1.82) is 0 Å². The predicted molar refractivity (Wildman–Crippen MR) is 83.6 cm³/mol. The van der Waals surface area contributed by atoms with Crippen molar-refractivity contribution in [1.82, 2.24) is 0 Å². The Hall–Kier alpha value is -0.580. The van der Waals surface area contributed by atoms with Crippen molar-refractivity contribution < 1.29 is 4.74 Å². The molecule has 0 bridgehead atoms.